The molecule has 0 unspecified atom stereocenters. The molecule has 1 saturated heterocycles. The topological polar surface area (TPSA) is 93.2 Å². The first-order valence-electron chi connectivity index (χ1n) is 9.58. The quantitative estimate of drug-likeness (QED) is 0.704. The summed E-state index contributed by atoms with van der Waals surface area (Å²) in [7, 11) is 0. The van der Waals surface area contributed by atoms with Gasteiger partial charge >= 0.3 is 11.9 Å². The van der Waals surface area contributed by atoms with E-state index >= 15 is 0 Å². The van der Waals surface area contributed by atoms with Gasteiger partial charge in [-0.25, -0.2) is 13.9 Å². The molecule has 4 rings (SSSR count). The number of rotatable bonds is 3. The molecule has 0 radical (unpaired) electrons. The average molecular weight is 464 g/mol. The highest BCUT2D eigenvalue weighted by atomic mass is 35.5. The van der Waals surface area contributed by atoms with E-state index in [0.29, 0.717) is 12.3 Å². The number of amides is 1. The lowest BCUT2D eigenvalue weighted by molar-refractivity contribution is -0.138. The fourth-order valence-electron chi connectivity index (χ4n) is 3.88. The summed E-state index contributed by atoms with van der Waals surface area (Å²) in [5.41, 5.74) is -1.79. The predicted octanol–water partition coefficient (Wildman–Crippen LogP) is 2.10. The molecule has 0 aromatic carbocycles. The molecule has 2 aliphatic heterocycles. The molecule has 1 N–H and O–H groups in total. The van der Waals surface area contributed by atoms with Gasteiger partial charge in [0.05, 0.1) is 29.4 Å². The lowest BCUT2D eigenvalue weighted by Gasteiger charge is -2.28. The SMILES string of the molecule is O=C([C@@H]1CC[C@H](O)c2nn(Cc3ncc(C(F)(F)F)cc3Cl)c(=O)n21)N1CC[C@H](F)C1. The van der Waals surface area contributed by atoms with Crippen LogP contribution in [0, 0.1) is 0 Å². The van der Waals surface area contributed by atoms with E-state index in [1.54, 1.807) is 0 Å². The number of carbonyl (C=O) groups excluding carboxylic acids is 1. The normalized spacial score (nSPS) is 23.8. The Morgan fingerprint density at radius 1 is 1.29 bits per heavy atom. The number of likely N-dealkylation sites (tertiary alicyclic amines) is 1. The van der Waals surface area contributed by atoms with E-state index in [-0.39, 0.29) is 55.4 Å². The molecule has 3 atom stereocenters. The molecule has 2 aromatic rings. The van der Waals surface area contributed by atoms with Crippen LogP contribution in [0.4, 0.5) is 17.6 Å². The van der Waals surface area contributed by atoms with Gasteiger partial charge in [0, 0.05) is 12.7 Å². The molecule has 0 bridgehead atoms. The first kappa shape index (κ1) is 21.8. The first-order valence-corrected chi connectivity index (χ1v) is 9.96. The Morgan fingerprint density at radius 2 is 2.03 bits per heavy atom. The van der Waals surface area contributed by atoms with Gasteiger partial charge in [-0.15, -0.1) is 0 Å². The summed E-state index contributed by atoms with van der Waals surface area (Å²) in [5.74, 6) is -0.464. The maximum Gasteiger partial charge on any atom is 0.417 e. The second-order valence-electron chi connectivity index (χ2n) is 7.60. The second kappa shape index (κ2) is 7.90. The van der Waals surface area contributed by atoms with Crippen molar-refractivity contribution in [2.24, 2.45) is 0 Å². The third-order valence-corrected chi connectivity index (χ3v) is 5.82. The van der Waals surface area contributed by atoms with Crippen LogP contribution in [0.1, 0.15) is 48.5 Å². The van der Waals surface area contributed by atoms with Gasteiger partial charge in [-0.3, -0.25) is 14.3 Å². The molecule has 0 saturated carbocycles. The van der Waals surface area contributed by atoms with Crippen molar-refractivity contribution in [3.63, 3.8) is 0 Å². The van der Waals surface area contributed by atoms with Crippen LogP contribution in [0.5, 0.6) is 0 Å². The summed E-state index contributed by atoms with van der Waals surface area (Å²) in [6, 6.07) is -0.242. The molecule has 1 fully saturated rings. The number of aromatic nitrogens is 4. The third-order valence-electron chi connectivity index (χ3n) is 5.49. The molecular weight excluding hydrogens is 446 g/mol. The number of halogens is 5. The first-order chi connectivity index (χ1) is 14.6. The number of aliphatic hydroxyl groups excluding tert-OH is 1. The molecule has 13 heteroatoms. The smallest absolute Gasteiger partial charge is 0.385 e. The number of pyridine rings is 1. The van der Waals surface area contributed by atoms with Gasteiger partial charge in [0.2, 0.25) is 5.91 Å². The minimum Gasteiger partial charge on any atom is -0.385 e. The van der Waals surface area contributed by atoms with Crippen molar-refractivity contribution in [1.82, 2.24) is 24.2 Å². The highest BCUT2D eigenvalue weighted by Gasteiger charge is 2.39. The molecule has 8 nitrogen and oxygen atoms in total. The van der Waals surface area contributed by atoms with Crippen LogP contribution in [0.3, 0.4) is 0 Å². The van der Waals surface area contributed by atoms with E-state index in [0.717, 1.165) is 9.25 Å². The van der Waals surface area contributed by atoms with Gasteiger partial charge in [0.25, 0.3) is 0 Å². The van der Waals surface area contributed by atoms with Crippen molar-refractivity contribution in [3.8, 4) is 0 Å². The van der Waals surface area contributed by atoms with Gasteiger partial charge in [-0.2, -0.15) is 18.3 Å². The van der Waals surface area contributed by atoms with Gasteiger partial charge in [0.15, 0.2) is 5.82 Å². The van der Waals surface area contributed by atoms with Crippen LogP contribution in [0.2, 0.25) is 5.02 Å². The largest absolute Gasteiger partial charge is 0.417 e. The molecule has 1 amide bonds. The van der Waals surface area contributed by atoms with Gasteiger partial charge in [0.1, 0.15) is 18.3 Å². The minimum absolute atomic E-state index is 0.0237. The minimum atomic E-state index is -4.62. The Morgan fingerprint density at radius 3 is 2.65 bits per heavy atom. The van der Waals surface area contributed by atoms with Crippen molar-refractivity contribution in [1.29, 1.82) is 0 Å². The van der Waals surface area contributed by atoms with Crippen molar-refractivity contribution < 1.29 is 27.5 Å². The fraction of sp³-hybridized carbons (Fsp3) is 0.556. The Labute approximate surface area is 178 Å². The second-order valence-corrected chi connectivity index (χ2v) is 8.01. The van der Waals surface area contributed by atoms with E-state index in [1.807, 2.05) is 0 Å². The Balaban J connectivity index is 1.65. The predicted molar refractivity (Wildman–Crippen MR) is 99.2 cm³/mol. The van der Waals surface area contributed by atoms with Crippen LogP contribution in [-0.2, 0) is 17.5 Å². The zero-order valence-corrected chi connectivity index (χ0v) is 16.8. The molecule has 168 valence electrons. The van der Waals surface area contributed by atoms with Crippen molar-refractivity contribution in [2.75, 3.05) is 13.1 Å². The summed E-state index contributed by atoms with van der Waals surface area (Å²) in [5, 5.41) is 14.0. The van der Waals surface area contributed by atoms with Crippen LogP contribution in [-0.4, -0.2) is 54.5 Å². The highest BCUT2D eigenvalue weighted by molar-refractivity contribution is 6.31. The monoisotopic (exact) mass is 463 g/mol. The van der Waals surface area contributed by atoms with Crippen molar-refractivity contribution >= 4 is 17.5 Å². The number of fused-ring (bicyclic) bond motifs is 1. The van der Waals surface area contributed by atoms with E-state index in [4.69, 9.17) is 11.6 Å². The van der Waals surface area contributed by atoms with E-state index < -0.39 is 41.7 Å². The zero-order valence-electron chi connectivity index (χ0n) is 16.0. The number of carbonyl (C=O) groups is 1. The van der Waals surface area contributed by atoms with Crippen LogP contribution < -0.4 is 5.69 Å². The van der Waals surface area contributed by atoms with Crippen molar-refractivity contribution in [3.05, 3.63) is 44.9 Å². The van der Waals surface area contributed by atoms with Gasteiger partial charge < -0.3 is 10.0 Å². The van der Waals surface area contributed by atoms with E-state index in [2.05, 4.69) is 10.1 Å². The van der Waals surface area contributed by atoms with Gasteiger partial charge in [-0.05, 0) is 25.3 Å². The molecule has 0 spiro atoms. The number of alkyl halides is 4. The maximum absolute atomic E-state index is 13.5. The van der Waals surface area contributed by atoms with Crippen LogP contribution in [0.15, 0.2) is 17.1 Å². The Hall–Kier alpha value is -2.47. The number of nitrogens with zero attached hydrogens (tertiary/aromatic N) is 5. The summed E-state index contributed by atoms with van der Waals surface area (Å²) in [4.78, 5) is 30.8. The van der Waals surface area contributed by atoms with Crippen LogP contribution in [0.25, 0.3) is 0 Å². The Kier molecular flexibility index (Phi) is 5.54. The molecule has 2 aromatic heterocycles. The van der Waals surface area contributed by atoms with E-state index in [9.17, 15) is 32.3 Å². The molecule has 31 heavy (non-hydrogen) atoms. The Bertz CT molecular complexity index is 1070. The number of aliphatic hydroxyl groups is 1. The standard InChI is InChI=1S/C18H18ClF4N5O3/c19-11-5-9(18(21,22)23)6-24-12(11)8-27-17(31)28-13(1-2-14(29)15(28)25-27)16(30)26-4-3-10(20)7-26/h5-6,10,13-14,29H,1-4,7-8H2/t10-,13-,14-/m0/s1. The highest BCUT2D eigenvalue weighted by Crippen LogP contribution is 2.33. The molecular formula is C18H18ClF4N5O3. The van der Waals surface area contributed by atoms with E-state index in [1.165, 1.54) is 4.90 Å². The third kappa shape index (κ3) is 4.05. The van der Waals surface area contributed by atoms with Crippen LogP contribution >= 0.6 is 11.6 Å². The lowest BCUT2D eigenvalue weighted by atomic mass is 10.0. The summed E-state index contributed by atoms with van der Waals surface area (Å²) in [6.45, 7) is -0.163. The zero-order chi connectivity index (χ0) is 22.5. The molecule has 2 aliphatic rings. The maximum atomic E-state index is 13.5. The average Bonchev–Trinajstić information content (AvgIpc) is 3.27. The molecule has 4 heterocycles. The summed E-state index contributed by atoms with van der Waals surface area (Å²) in [6.07, 6.45) is -5.66. The van der Waals surface area contributed by atoms with Crippen molar-refractivity contribution in [2.45, 2.75) is 50.3 Å². The fourth-order valence-corrected chi connectivity index (χ4v) is 4.10. The molecule has 0 aliphatic carbocycles. The summed E-state index contributed by atoms with van der Waals surface area (Å²) >= 11 is 5.91. The summed E-state index contributed by atoms with van der Waals surface area (Å²) < 4.78 is 53.9. The number of hydrogen-bond acceptors (Lipinski definition) is 5. The number of hydrogen-bond donors (Lipinski definition) is 1. The lowest BCUT2D eigenvalue weighted by Crippen LogP contribution is -2.42. The van der Waals surface area contributed by atoms with Gasteiger partial charge in [-0.1, -0.05) is 11.6 Å².